The molecule has 3 aliphatic carbocycles. The quantitative estimate of drug-likeness (QED) is 0.693. The molecule has 0 amide bonds. The van der Waals surface area contributed by atoms with Crippen molar-refractivity contribution in [3.63, 3.8) is 0 Å². The number of carbonyl (C=O) groups is 1. The molecule has 0 atom stereocenters. The van der Waals surface area contributed by atoms with Crippen molar-refractivity contribution in [3.8, 4) is 5.75 Å². The van der Waals surface area contributed by atoms with Gasteiger partial charge in [-0.1, -0.05) is 6.92 Å². The summed E-state index contributed by atoms with van der Waals surface area (Å²) in [4.78, 5) is 11.0. The van der Waals surface area contributed by atoms with Crippen LogP contribution < -0.4 is 4.74 Å². The van der Waals surface area contributed by atoms with Crippen LogP contribution in [0.2, 0.25) is 0 Å². The number of rotatable bonds is 5. The monoisotopic (exact) mass is 316 g/mol. The van der Waals surface area contributed by atoms with E-state index < -0.39 is 5.82 Å². The van der Waals surface area contributed by atoms with Crippen LogP contribution in [0.4, 0.5) is 4.39 Å². The van der Waals surface area contributed by atoms with Gasteiger partial charge in [-0.3, -0.25) is 4.79 Å². The third-order valence-corrected chi connectivity index (χ3v) is 6.32. The van der Waals surface area contributed by atoms with E-state index in [1.807, 2.05) is 0 Å². The molecule has 2 nitrogen and oxygen atoms in total. The molecule has 0 unspecified atom stereocenters. The molecule has 3 fully saturated rings. The van der Waals surface area contributed by atoms with Gasteiger partial charge in [-0.05, 0) is 74.3 Å². The standard InChI is InChI=1S/C20H25FO2/c1-19(4-6-20(7-5-19)8-9-20)13-23-18-11-17(21)15(12-22)10-16(18)14-2-3-14/h10-12,14H,2-9,13H2,1H3. The summed E-state index contributed by atoms with van der Waals surface area (Å²) in [6.45, 7) is 2.96. The Balaban J connectivity index is 1.47. The maximum atomic E-state index is 14.0. The molecule has 3 saturated carbocycles. The van der Waals surface area contributed by atoms with Crippen molar-refractivity contribution < 1.29 is 13.9 Å². The number of ether oxygens (including phenoxy) is 1. The minimum atomic E-state index is -0.467. The minimum absolute atomic E-state index is 0.152. The van der Waals surface area contributed by atoms with Gasteiger partial charge in [-0.25, -0.2) is 4.39 Å². The van der Waals surface area contributed by atoms with Crippen molar-refractivity contribution >= 4 is 6.29 Å². The lowest BCUT2D eigenvalue weighted by Gasteiger charge is -2.37. The summed E-state index contributed by atoms with van der Waals surface area (Å²) in [6, 6.07) is 3.11. The first-order valence-corrected chi connectivity index (χ1v) is 8.94. The van der Waals surface area contributed by atoms with E-state index >= 15 is 0 Å². The third kappa shape index (κ3) is 3.02. The highest BCUT2D eigenvalue weighted by Gasteiger charge is 2.48. The number of halogens is 1. The Morgan fingerprint density at radius 1 is 1.17 bits per heavy atom. The van der Waals surface area contributed by atoms with Crippen molar-refractivity contribution in [3.05, 3.63) is 29.1 Å². The van der Waals surface area contributed by atoms with E-state index in [0.717, 1.165) is 18.4 Å². The Bertz CT molecular complexity index is 619. The second-order valence-corrected chi connectivity index (χ2v) is 8.40. The lowest BCUT2D eigenvalue weighted by Crippen LogP contribution is -2.31. The van der Waals surface area contributed by atoms with Crippen LogP contribution in [0.15, 0.2) is 12.1 Å². The summed E-state index contributed by atoms with van der Waals surface area (Å²) < 4.78 is 20.1. The second kappa shape index (κ2) is 5.32. The normalized spacial score (nSPS) is 24.4. The predicted octanol–water partition coefficient (Wildman–Crippen LogP) is 5.25. The summed E-state index contributed by atoms with van der Waals surface area (Å²) >= 11 is 0. The molecule has 0 N–H and O–H groups in total. The Labute approximate surface area is 137 Å². The molecular weight excluding hydrogens is 291 g/mol. The first kappa shape index (κ1) is 15.2. The molecule has 1 aromatic carbocycles. The predicted molar refractivity (Wildman–Crippen MR) is 87.5 cm³/mol. The molecular formula is C20H25FO2. The molecule has 0 aromatic heterocycles. The number of aldehydes is 1. The fraction of sp³-hybridized carbons (Fsp3) is 0.650. The van der Waals surface area contributed by atoms with Crippen molar-refractivity contribution in [2.24, 2.45) is 10.8 Å². The molecule has 23 heavy (non-hydrogen) atoms. The molecule has 0 heterocycles. The van der Waals surface area contributed by atoms with E-state index in [2.05, 4.69) is 6.92 Å². The Kier molecular flexibility index (Phi) is 3.51. The van der Waals surface area contributed by atoms with Gasteiger partial charge in [0, 0.05) is 11.5 Å². The van der Waals surface area contributed by atoms with E-state index in [1.54, 1.807) is 6.07 Å². The van der Waals surface area contributed by atoms with Crippen molar-refractivity contribution in [1.29, 1.82) is 0 Å². The zero-order valence-corrected chi connectivity index (χ0v) is 13.9. The van der Waals surface area contributed by atoms with Crippen LogP contribution in [-0.2, 0) is 0 Å². The third-order valence-electron chi connectivity index (χ3n) is 6.32. The van der Waals surface area contributed by atoms with Crippen LogP contribution in [0, 0.1) is 16.6 Å². The largest absolute Gasteiger partial charge is 0.493 e. The summed E-state index contributed by atoms with van der Waals surface area (Å²) in [5.41, 5.74) is 2.05. The number of benzene rings is 1. The van der Waals surface area contributed by atoms with Gasteiger partial charge in [0.15, 0.2) is 6.29 Å². The summed E-state index contributed by atoms with van der Waals surface area (Å²) in [6.07, 6.45) is 10.7. The van der Waals surface area contributed by atoms with Crippen molar-refractivity contribution in [2.45, 2.75) is 64.2 Å². The van der Waals surface area contributed by atoms with E-state index in [1.165, 1.54) is 44.6 Å². The van der Waals surface area contributed by atoms with Crippen LogP contribution in [0.1, 0.15) is 80.1 Å². The molecule has 3 heteroatoms. The summed E-state index contributed by atoms with van der Waals surface area (Å²) in [5.74, 6) is 0.631. The van der Waals surface area contributed by atoms with Gasteiger partial charge in [-0.15, -0.1) is 0 Å². The summed E-state index contributed by atoms with van der Waals surface area (Å²) in [5, 5.41) is 0. The Morgan fingerprint density at radius 3 is 2.39 bits per heavy atom. The highest BCUT2D eigenvalue weighted by Crippen LogP contribution is 2.59. The van der Waals surface area contributed by atoms with Gasteiger partial charge in [0.2, 0.25) is 0 Å². The topological polar surface area (TPSA) is 26.3 Å². The fourth-order valence-corrected chi connectivity index (χ4v) is 3.98. The van der Waals surface area contributed by atoms with Gasteiger partial charge in [0.05, 0.1) is 12.2 Å². The maximum absolute atomic E-state index is 14.0. The SMILES string of the molecule is CC1(COc2cc(F)c(C=O)cc2C2CC2)CCC2(CC1)CC2. The van der Waals surface area contributed by atoms with Crippen LogP contribution in [0.5, 0.6) is 5.75 Å². The van der Waals surface area contributed by atoms with Gasteiger partial charge in [0.1, 0.15) is 11.6 Å². The molecule has 0 radical (unpaired) electrons. The maximum Gasteiger partial charge on any atom is 0.153 e. The number of hydrogen-bond donors (Lipinski definition) is 0. The zero-order valence-electron chi connectivity index (χ0n) is 13.9. The smallest absolute Gasteiger partial charge is 0.153 e. The lowest BCUT2D eigenvalue weighted by atomic mass is 9.71. The molecule has 3 aliphatic rings. The molecule has 0 bridgehead atoms. The van der Waals surface area contributed by atoms with Crippen LogP contribution in [0.3, 0.4) is 0 Å². The number of carbonyl (C=O) groups excluding carboxylic acids is 1. The fourth-order valence-electron chi connectivity index (χ4n) is 3.98. The van der Waals surface area contributed by atoms with E-state index in [-0.39, 0.29) is 11.0 Å². The van der Waals surface area contributed by atoms with Gasteiger partial charge >= 0.3 is 0 Å². The second-order valence-electron chi connectivity index (χ2n) is 8.40. The van der Waals surface area contributed by atoms with Crippen LogP contribution >= 0.6 is 0 Å². The van der Waals surface area contributed by atoms with Crippen LogP contribution in [0.25, 0.3) is 0 Å². The van der Waals surface area contributed by atoms with E-state index in [4.69, 9.17) is 4.74 Å². The Hall–Kier alpha value is -1.38. The van der Waals surface area contributed by atoms with E-state index in [0.29, 0.717) is 30.0 Å². The van der Waals surface area contributed by atoms with Crippen molar-refractivity contribution in [1.82, 2.24) is 0 Å². The lowest BCUT2D eigenvalue weighted by molar-refractivity contribution is 0.0869. The van der Waals surface area contributed by atoms with Crippen molar-refractivity contribution in [2.75, 3.05) is 6.61 Å². The molecule has 124 valence electrons. The molecule has 0 saturated heterocycles. The molecule has 1 spiro atoms. The average Bonchev–Trinajstić information content (AvgIpc) is 3.45. The summed E-state index contributed by atoms with van der Waals surface area (Å²) in [7, 11) is 0. The average molecular weight is 316 g/mol. The van der Waals surface area contributed by atoms with E-state index in [9.17, 15) is 9.18 Å². The van der Waals surface area contributed by atoms with Crippen LogP contribution in [-0.4, -0.2) is 12.9 Å². The number of hydrogen-bond acceptors (Lipinski definition) is 2. The first-order valence-electron chi connectivity index (χ1n) is 8.94. The first-order chi connectivity index (χ1) is 11.0. The zero-order chi connectivity index (χ0) is 16.1. The minimum Gasteiger partial charge on any atom is -0.493 e. The molecule has 1 aromatic rings. The molecule has 4 rings (SSSR count). The van der Waals surface area contributed by atoms with Gasteiger partial charge in [0.25, 0.3) is 0 Å². The Morgan fingerprint density at radius 2 is 1.83 bits per heavy atom. The highest BCUT2D eigenvalue weighted by molar-refractivity contribution is 5.76. The molecule has 0 aliphatic heterocycles. The van der Waals surface area contributed by atoms with Gasteiger partial charge in [-0.2, -0.15) is 0 Å². The van der Waals surface area contributed by atoms with Gasteiger partial charge < -0.3 is 4.74 Å². The highest BCUT2D eigenvalue weighted by atomic mass is 19.1.